The average Bonchev–Trinajstić information content (AvgIpc) is 2.79. The Hall–Kier alpha value is -2.15. The maximum absolute atomic E-state index is 12.1. The van der Waals surface area contributed by atoms with Crippen LogP contribution in [0.3, 0.4) is 0 Å². The summed E-state index contributed by atoms with van der Waals surface area (Å²) < 4.78 is 24.9. The number of imidazole rings is 1. The van der Waals surface area contributed by atoms with E-state index in [4.69, 9.17) is 0 Å². The monoisotopic (exact) mass is 265 g/mol. The Kier molecular flexibility index (Phi) is 2.92. The number of aromatic nitrogens is 2. The highest BCUT2D eigenvalue weighted by Gasteiger charge is 2.17. The molecule has 1 aromatic carbocycles. The average molecular weight is 265 g/mol. The van der Waals surface area contributed by atoms with E-state index in [0.29, 0.717) is 0 Å². The number of nitrogens with zero attached hydrogens (tertiary/aromatic N) is 2. The Bertz CT molecular complexity index is 686. The molecule has 94 valence electrons. The number of aromatic carboxylic acids is 1. The lowest BCUT2D eigenvalue weighted by molar-refractivity contribution is -0.255. The van der Waals surface area contributed by atoms with Gasteiger partial charge in [0, 0.05) is 6.20 Å². The molecule has 2 aromatic rings. The van der Waals surface area contributed by atoms with Crippen molar-refractivity contribution in [2.75, 3.05) is 0 Å². The van der Waals surface area contributed by atoms with Crippen LogP contribution in [-0.4, -0.2) is 23.3 Å². The van der Waals surface area contributed by atoms with Crippen molar-refractivity contribution in [3.63, 3.8) is 0 Å². The smallest absolute Gasteiger partial charge is 0.268 e. The molecule has 0 spiro atoms. The van der Waals surface area contributed by atoms with Gasteiger partial charge in [-0.15, -0.1) is 0 Å². The van der Waals surface area contributed by atoms with E-state index in [9.17, 15) is 18.3 Å². The molecule has 7 heteroatoms. The van der Waals surface area contributed by atoms with Gasteiger partial charge in [0.25, 0.3) is 10.0 Å². The number of carbonyl (C=O) groups excluding carboxylic acids is 1. The molecular weight excluding hydrogens is 256 g/mol. The molecule has 0 unspecified atom stereocenters. The summed E-state index contributed by atoms with van der Waals surface area (Å²) in [6.45, 7) is 1.84. The first-order chi connectivity index (χ1) is 8.41. The fraction of sp³-hybridized carbons (Fsp3) is 0.0909. The molecule has 0 radical (unpaired) electrons. The van der Waals surface area contributed by atoms with Crippen LogP contribution in [0.4, 0.5) is 0 Å². The highest BCUT2D eigenvalue weighted by Crippen LogP contribution is 2.14. The molecule has 1 heterocycles. The number of hydrogen-bond acceptors (Lipinski definition) is 5. The van der Waals surface area contributed by atoms with Crippen molar-refractivity contribution in [1.82, 2.24) is 8.96 Å². The summed E-state index contributed by atoms with van der Waals surface area (Å²) in [5, 5.41) is 10.5. The van der Waals surface area contributed by atoms with E-state index in [1.54, 1.807) is 12.1 Å². The van der Waals surface area contributed by atoms with E-state index in [1.807, 2.05) is 6.92 Å². The van der Waals surface area contributed by atoms with Gasteiger partial charge in [-0.2, -0.15) is 0 Å². The minimum atomic E-state index is -3.81. The van der Waals surface area contributed by atoms with Gasteiger partial charge in [-0.05, 0) is 19.1 Å². The number of carboxylic acid groups (broad SMARTS) is 1. The quantitative estimate of drug-likeness (QED) is 0.765. The topological polar surface area (TPSA) is 92.1 Å². The predicted molar refractivity (Wildman–Crippen MR) is 60.3 cm³/mol. The molecular formula is C11H9N2O4S-. The summed E-state index contributed by atoms with van der Waals surface area (Å²) in [6, 6.07) is 6.21. The van der Waals surface area contributed by atoms with Crippen molar-refractivity contribution >= 4 is 16.0 Å². The maximum atomic E-state index is 12.1. The van der Waals surface area contributed by atoms with E-state index < -0.39 is 21.7 Å². The SMILES string of the molecule is Cc1ccc(S(=O)(=O)n2cnc(C(=O)[O-])c2)cc1. The van der Waals surface area contributed by atoms with E-state index >= 15 is 0 Å². The molecule has 1 aromatic heterocycles. The second-order valence-electron chi connectivity index (χ2n) is 3.69. The first kappa shape index (κ1) is 12.3. The molecule has 0 amide bonds. The van der Waals surface area contributed by atoms with Crippen molar-refractivity contribution in [3.8, 4) is 0 Å². The van der Waals surface area contributed by atoms with Gasteiger partial charge in [0.15, 0.2) is 0 Å². The number of aryl methyl sites for hydroxylation is 1. The van der Waals surface area contributed by atoms with Gasteiger partial charge in [-0.25, -0.2) is 17.4 Å². The Morgan fingerprint density at radius 1 is 1.28 bits per heavy atom. The Labute approximate surface area is 104 Å². The summed E-state index contributed by atoms with van der Waals surface area (Å²) in [5.74, 6) is -1.52. The van der Waals surface area contributed by atoms with Crippen molar-refractivity contribution < 1.29 is 18.3 Å². The third-order valence-electron chi connectivity index (χ3n) is 2.37. The zero-order chi connectivity index (χ0) is 13.3. The standard InChI is InChI=1S/C11H10N2O4S/c1-8-2-4-9(5-3-8)18(16,17)13-6-10(11(14)15)12-7-13/h2-7H,1H3,(H,14,15)/p-1. The van der Waals surface area contributed by atoms with Crippen LogP contribution < -0.4 is 5.11 Å². The Morgan fingerprint density at radius 2 is 1.89 bits per heavy atom. The zero-order valence-electron chi connectivity index (χ0n) is 9.40. The number of rotatable bonds is 3. The molecule has 0 atom stereocenters. The highest BCUT2D eigenvalue weighted by atomic mass is 32.2. The normalized spacial score (nSPS) is 11.4. The molecule has 0 fully saturated rings. The second-order valence-corrected chi connectivity index (χ2v) is 5.54. The van der Waals surface area contributed by atoms with Crippen LogP contribution in [0, 0.1) is 6.92 Å². The molecule has 2 rings (SSSR count). The molecule has 0 N–H and O–H groups in total. The predicted octanol–water partition coefficient (Wildman–Crippen LogP) is -0.208. The summed E-state index contributed by atoms with van der Waals surface area (Å²) in [6.07, 6.45) is 1.84. The number of hydrogen-bond donors (Lipinski definition) is 0. The molecule has 0 aliphatic heterocycles. The number of carbonyl (C=O) groups is 1. The molecule has 6 nitrogen and oxygen atoms in total. The van der Waals surface area contributed by atoms with Gasteiger partial charge in [0.1, 0.15) is 12.0 Å². The Balaban J connectivity index is 2.47. The van der Waals surface area contributed by atoms with E-state index in [1.165, 1.54) is 12.1 Å². The van der Waals surface area contributed by atoms with Gasteiger partial charge < -0.3 is 9.90 Å². The minimum Gasteiger partial charge on any atom is -0.543 e. The van der Waals surface area contributed by atoms with Gasteiger partial charge in [0.05, 0.1) is 10.9 Å². The van der Waals surface area contributed by atoms with Gasteiger partial charge in [0.2, 0.25) is 0 Å². The van der Waals surface area contributed by atoms with Crippen LogP contribution in [0.5, 0.6) is 0 Å². The molecule has 0 bridgehead atoms. The van der Waals surface area contributed by atoms with Crippen LogP contribution in [0.2, 0.25) is 0 Å². The van der Waals surface area contributed by atoms with Crippen molar-refractivity contribution in [1.29, 1.82) is 0 Å². The van der Waals surface area contributed by atoms with Crippen LogP contribution in [0.25, 0.3) is 0 Å². The first-order valence-electron chi connectivity index (χ1n) is 4.99. The fourth-order valence-electron chi connectivity index (χ4n) is 1.38. The lowest BCUT2D eigenvalue weighted by atomic mass is 10.2. The largest absolute Gasteiger partial charge is 0.543 e. The highest BCUT2D eigenvalue weighted by molar-refractivity contribution is 7.90. The minimum absolute atomic E-state index is 0.0652. The van der Waals surface area contributed by atoms with Crippen LogP contribution in [0.1, 0.15) is 16.1 Å². The third kappa shape index (κ3) is 2.12. The summed E-state index contributed by atoms with van der Waals surface area (Å²) in [4.78, 5) is 14.1. The second kappa shape index (κ2) is 4.26. The maximum Gasteiger partial charge on any atom is 0.268 e. The molecule has 0 saturated heterocycles. The van der Waals surface area contributed by atoms with E-state index in [2.05, 4.69) is 4.98 Å². The van der Waals surface area contributed by atoms with Crippen molar-refractivity contribution in [2.24, 2.45) is 0 Å². The molecule has 0 saturated carbocycles. The number of carboxylic acids is 1. The van der Waals surface area contributed by atoms with Gasteiger partial charge in [-0.3, -0.25) is 0 Å². The van der Waals surface area contributed by atoms with E-state index in [0.717, 1.165) is 22.1 Å². The van der Waals surface area contributed by atoms with Crippen LogP contribution >= 0.6 is 0 Å². The third-order valence-corrected chi connectivity index (χ3v) is 3.99. The van der Waals surface area contributed by atoms with Crippen molar-refractivity contribution in [2.45, 2.75) is 11.8 Å². The van der Waals surface area contributed by atoms with Gasteiger partial charge >= 0.3 is 0 Å². The lowest BCUT2D eigenvalue weighted by Gasteiger charge is -2.04. The Morgan fingerprint density at radius 3 is 2.39 bits per heavy atom. The summed E-state index contributed by atoms with van der Waals surface area (Å²) in [7, 11) is -3.81. The van der Waals surface area contributed by atoms with Gasteiger partial charge in [-0.1, -0.05) is 17.7 Å². The summed E-state index contributed by atoms with van der Waals surface area (Å²) in [5.41, 5.74) is 0.501. The lowest BCUT2D eigenvalue weighted by Crippen LogP contribution is -2.22. The molecule has 0 aliphatic rings. The van der Waals surface area contributed by atoms with E-state index in [-0.39, 0.29) is 4.90 Å². The van der Waals surface area contributed by atoms with Crippen LogP contribution in [0.15, 0.2) is 41.7 Å². The molecule has 18 heavy (non-hydrogen) atoms. The zero-order valence-corrected chi connectivity index (χ0v) is 10.2. The van der Waals surface area contributed by atoms with Crippen LogP contribution in [-0.2, 0) is 10.0 Å². The fourth-order valence-corrected chi connectivity index (χ4v) is 2.51. The number of benzene rings is 1. The molecule has 0 aliphatic carbocycles. The first-order valence-corrected chi connectivity index (χ1v) is 6.43. The van der Waals surface area contributed by atoms with Crippen molar-refractivity contribution in [3.05, 3.63) is 48.0 Å². The summed E-state index contributed by atoms with van der Waals surface area (Å²) >= 11 is 0.